The maximum absolute atomic E-state index is 14.9. The Morgan fingerprint density at radius 2 is 1.78 bits per heavy atom. The summed E-state index contributed by atoms with van der Waals surface area (Å²) >= 11 is 0. The van der Waals surface area contributed by atoms with Gasteiger partial charge in [0.25, 0.3) is 5.91 Å². The van der Waals surface area contributed by atoms with Gasteiger partial charge in [0.2, 0.25) is 5.91 Å². The largest absolute Gasteiger partial charge is 0.465 e. The number of hydrogen-bond donors (Lipinski definition) is 1. The third-order valence-electron chi connectivity index (χ3n) is 9.83. The zero-order valence-corrected chi connectivity index (χ0v) is 27.1. The van der Waals surface area contributed by atoms with Crippen LogP contribution < -0.4 is 9.80 Å². The number of esters is 1. The molecular weight excluding hydrogens is 582 g/mol. The van der Waals surface area contributed by atoms with Crippen molar-refractivity contribution in [2.24, 2.45) is 11.8 Å². The van der Waals surface area contributed by atoms with Gasteiger partial charge in [0.15, 0.2) is 0 Å². The number of carbonyl (C=O) groups is 3. The van der Waals surface area contributed by atoms with E-state index in [9.17, 15) is 19.5 Å². The third kappa shape index (κ3) is 6.10. The van der Waals surface area contributed by atoms with Crippen molar-refractivity contribution in [3.8, 4) is 0 Å². The Bertz CT molecular complexity index is 1390. The van der Waals surface area contributed by atoms with Crippen LogP contribution in [-0.2, 0) is 30.3 Å². The standard InChI is InChI=1S/C37H47N3O6/c1-5-9-13-23-45-36(44)31-30-20-21-37(46-30)32(31)34(42)40(29(25-41)24-26-14-11-10-12-15-26)33(37)35(43)39(22-6-2)28-18-16-27(17-19-28)38(7-3)8-4/h5-6,10-12,14-19,29-33,41H,1-2,7-9,13,20-25H2,3-4H3/t29-,30-,31+,32+,33?,37?/m1/s1. The number of unbranched alkanes of at least 4 members (excludes halogenated alkanes) is 1. The van der Waals surface area contributed by atoms with E-state index in [0.717, 1.165) is 24.3 Å². The fourth-order valence-corrected chi connectivity index (χ4v) is 7.70. The van der Waals surface area contributed by atoms with Gasteiger partial charge in [0.1, 0.15) is 11.6 Å². The number of nitrogens with zero attached hydrogens (tertiary/aromatic N) is 3. The minimum atomic E-state index is -1.21. The van der Waals surface area contributed by atoms with E-state index in [0.29, 0.717) is 37.8 Å². The predicted molar refractivity (Wildman–Crippen MR) is 178 cm³/mol. The Kier molecular flexibility index (Phi) is 10.6. The normalized spacial score (nSPS) is 25.2. The average molecular weight is 630 g/mol. The summed E-state index contributed by atoms with van der Waals surface area (Å²) in [6.45, 7) is 13.6. The van der Waals surface area contributed by atoms with E-state index in [1.54, 1.807) is 17.1 Å². The Morgan fingerprint density at radius 3 is 2.41 bits per heavy atom. The van der Waals surface area contributed by atoms with Crippen molar-refractivity contribution in [2.75, 3.05) is 42.6 Å². The molecule has 46 heavy (non-hydrogen) atoms. The van der Waals surface area contributed by atoms with Gasteiger partial charge in [-0.2, -0.15) is 0 Å². The van der Waals surface area contributed by atoms with Crippen LogP contribution >= 0.6 is 0 Å². The van der Waals surface area contributed by atoms with Crippen molar-refractivity contribution < 1.29 is 29.0 Å². The van der Waals surface area contributed by atoms with Crippen LogP contribution in [-0.4, -0.2) is 84.4 Å². The van der Waals surface area contributed by atoms with Gasteiger partial charge in [-0.1, -0.05) is 42.5 Å². The highest BCUT2D eigenvalue weighted by Crippen LogP contribution is 2.59. The zero-order chi connectivity index (χ0) is 32.8. The fourth-order valence-electron chi connectivity index (χ4n) is 7.70. The second-order valence-corrected chi connectivity index (χ2v) is 12.4. The lowest BCUT2D eigenvalue weighted by atomic mass is 9.70. The molecule has 3 aliphatic rings. The molecule has 246 valence electrons. The maximum atomic E-state index is 14.9. The molecule has 3 saturated heterocycles. The minimum absolute atomic E-state index is 0.212. The van der Waals surface area contributed by atoms with Crippen molar-refractivity contribution in [1.29, 1.82) is 0 Å². The van der Waals surface area contributed by atoms with Gasteiger partial charge in [-0.25, -0.2) is 0 Å². The summed E-state index contributed by atoms with van der Waals surface area (Å²) < 4.78 is 12.3. The van der Waals surface area contributed by atoms with Crippen LogP contribution in [0.15, 0.2) is 79.9 Å². The molecule has 2 bridgehead atoms. The molecule has 6 atom stereocenters. The van der Waals surface area contributed by atoms with Gasteiger partial charge in [0, 0.05) is 31.0 Å². The highest BCUT2D eigenvalue weighted by molar-refractivity contribution is 6.05. The van der Waals surface area contributed by atoms with E-state index in [1.807, 2.05) is 54.6 Å². The molecule has 5 rings (SSSR count). The van der Waals surface area contributed by atoms with Crippen LogP contribution in [0.5, 0.6) is 0 Å². The van der Waals surface area contributed by atoms with E-state index in [2.05, 4.69) is 31.9 Å². The summed E-state index contributed by atoms with van der Waals surface area (Å²) in [7, 11) is 0. The molecule has 0 aliphatic carbocycles. The van der Waals surface area contributed by atoms with Gasteiger partial charge in [0.05, 0.1) is 37.2 Å². The van der Waals surface area contributed by atoms with Gasteiger partial charge in [-0.15, -0.1) is 13.2 Å². The van der Waals surface area contributed by atoms with Gasteiger partial charge in [-0.05, 0) is 75.8 Å². The number of ether oxygens (including phenoxy) is 2. The zero-order valence-electron chi connectivity index (χ0n) is 27.1. The number of carbonyl (C=O) groups excluding carboxylic acids is 3. The second kappa shape index (κ2) is 14.6. The number of benzene rings is 2. The van der Waals surface area contributed by atoms with Crippen LogP contribution in [0.25, 0.3) is 0 Å². The molecular formula is C37H47N3O6. The summed E-state index contributed by atoms with van der Waals surface area (Å²) in [6, 6.07) is 15.7. The summed E-state index contributed by atoms with van der Waals surface area (Å²) in [5.41, 5.74) is 1.43. The van der Waals surface area contributed by atoms with Crippen LogP contribution in [0.4, 0.5) is 11.4 Å². The summed E-state index contributed by atoms with van der Waals surface area (Å²) in [6.07, 6.45) is 5.60. The molecule has 0 saturated carbocycles. The molecule has 0 aromatic heterocycles. The SMILES string of the molecule is C=CCCCOC(=O)[C@@H]1[C@H]2C(=O)N([C@@H](CO)Cc3ccccc3)C(C(=O)N(CC=C)c3ccc(N(CC)CC)cc3)C23CC[C@H]1O3. The Balaban J connectivity index is 1.54. The van der Waals surface area contributed by atoms with Crippen molar-refractivity contribution in [1.82, 2.24) is 4.90 Å². The topological polar surface area (TPSA) is 99.6 Å². The van der Waals surface area contributed by atoms with Crippen LogP contribution in [0.2, 0.25) is 0 Å². The van der Waals surface area contributed by atoms with Gasteiger partial charge < -0.3 is 29.3 Å². The molecule has 3 aliphatic heterocycles. The first kappa shape index (κ1) is 33.4. The molecule has 1 spiro atoms. The number of aliphatic hydroxyl groups is 1. The lowest BCUT2D eigenvalue weighted by Gasteiger charge is -2.39. The summed E-state index contributed by atoms with van der Waals surface area (Å²) in [5, 5.41) is 10.7. The Labute approximate surface area is 272 Å². The first-order chi connectivity index (χ1) is 22.3. The molecule has 2 aromatic carbocycles. The van der Waals surface area contributed by atoms with E-state index < -0.39 is 41.6 Å². The number of aliphatic hydroxyl groups excluding tert-OH is 1. The molecule has 2 unspecified atom stereocenters. The van der Waals surface area contributed by atoms with Crippen molar-refractivity contribution in [3.63, 3.8) is 0 Å². The number of likely N-dealkylation sites (tertiary alicyclic amines) is 1. The Morgan fingerprint density at radius 1 is 1.09 bits per heavy atom. The molecule has 9 nitrogen and oxygen atoms in total. The number of anilines is 2. The van der Waals surface area contributed by atoms with Crippen LogP contribution in [0, 0.1) is 11.8 Å². The van der Waals surface area contributed by atoms with Gasteiger partial charge in [-0.3, -0.25) is 14.4 Å². The Hall–Kier alpha value is -3.95. The van der Waals surface area contributed by atoms with Crippen molar-refractivity contribution in [3.05, 3.63) is 85.5 Å². The smallest absolute Gasteiger partial charge is 0.312 e. The molecule has 9 heteroatoms. The highest BCUT2D eigenvalue weighted by Gasteiger charge is 2.75. The highest BCUT2D eigenvalue weighted by atomic mass is 16.6. The van der Waals surface area contributed by atoms with Crippen LogP contribution in [0.3, 0.4) is 0 Å². The van der Waals surface area contributed by atoms with E-state index >= 15 is 0 Å². The van der Waals surface area contributed by atoms with Crippen molar-refractivity contribution >= 4 is 29.2 Å². The monoisotopic (exact) mass is 629 g/mol. The number of amides is 2. The molecule has 2 amide bonds. The molecule has 3 heterocycles. The molecule has 3 fully saturated rings. The summed E-state index contributed by atoms with van der Waals surface area (Å²) in [4.78, 5) is 48.4. The minimum Gasteiger partial charge on any atom is -0.465 e. The maximum Gasteiger partial charge on any atom is 0.312 e. The second-order valence-electron chi connectivity index (χ2n) is 12.4. The number of hydrogen-bond acceptors (Lipinski definition) is 7. The average Bonchev–Trinajstić information content (AvgIpc) is 3.73. The van der Waals surface area contributed by atoms with E-state index in [-0.39, 0.29) is 31.6 Å². The third-order valence-corrected chi connectivity index (χ3v) is 9.83. The first-order valence-electron chi connectivity index (χ1n) is 16.5. The van der Waals surface area contributed by atoms with Crippen LogP contribution in [0.1, 0.15) is 45.1 Å². The van der Waals surface area contributed by atoms with E-state index in [4.69, 9.17) is 9.47 Å². The molecule has 0 radical (unpaired) electrons. The van der Waals surface area contributed by atoms with E-state index in [1.165, 1.54) is 4.90 Å². The van der Waals surface area contributed by atoms with Crippen molar-refractivity contribution in [2.45, 2.75) is 69.7 Å². The first-order valence-corrected chi connectivity index (χ1v) is 16.5. The summed E-state index contributed by atoms with van der Waals surface area (Å²) in [5.74, 6) is -2.84. The lowest BCUT2D eigenvalue weighted by molar-refractivity contribution is -0.155. The quantitative estimate of drug-likeness (QED) is 0.165. The number of rotatable bonds is 16. The molecule has 1 N–H and O–H groups in total. The predicted octanol–water partition coefficient (Wildman–Crippen LogP) is 4.54. The fraction of sp³-hybridized carbons (Fsp3) is 0.486. The number of fused-ring (bicyclic) bond motifs is 1. The number of allylic oxidation sites excluding steroid dienone is 1. The molecule has 2 aromatic rings. The van der Waals surface area contributed by atoms with Gasteiger partial charge >= 0.3 is 5.97 Å². The lowest BCUT2D eigenvalue weighted by Crippen LogP contribution is -2.59.